The van der Waals surface area contributed by atoms with Crippen LogP contribution in [0.5, 0.6) is 0 Å². The molecule has 238 valence electrons. The van der Waals surface area contributed by atoms with Gasteiger partial charge in [-0.15, -0.1) is 0 Å². The fourth-order valence-corrected chi connectivity index (χ4v) is 6.99. The number of carbonyl (C=O) groups is 4. The van der Waals surface area contributed by atoms with E-state index in [0.29, 0.717) is 0 Å². The van der Waals surface area contributed by atoms with Gasteiger partial charge in [0, 0.05) is 52.4 Å². The van der Waals surface area contributed by atoms with Crippen LogP contribution >= 0.6 is 7.60 Å². The summed E-state index contributed by atoms with van der Waals surface area (Å²) in [7, 11) is -3.72. The van der Waals surface area contributed by atoms with Crippen molar-refractivity contribution < 1.29 is 53.2 Å². The second kappa shape index (κ2) is 15.9. The maximum absolute atomic E-state index is 14.0. The average Bonchev–Trinajstić information content (AvgIpc) is 2.74. The topological polar surface area (TPSA) is 198 Å². The van der Waals surface area contributed by atoms with Gasteiger partial charge in [-0.2, -0.15) is 0 Å². The molecule has 1 unspecified atom stereocenters. The summed E-state index contributed by atoms with van der Waals surface area (Å²) in [5.41, 5.74) is -1.59. The minimum atomic E-state index is -3.72. The van der Waals surface area contributed by atoms with Gasteiger partial charge in [0.1, 0.15) is 12.3 Å². The molecule has 0 spiro atoms. The van der Waals surface area contributed by atoms with Crippen LogP contribution in [0, 0.1) is 0 Å². The van der Waals surface area contributed by atoms with Crippen molar-refractivity contribution >= 4 is 31.5 Å². The van der Waals surface area contributed by atoms with E-state index in [4.69, 9.17) is 9.05 Å². The molecular formula is C25H47N4O11P. The molecule has 1 aliphatic rings. The van der Waals surface area contributed by atoms with E-state index in [1.807, 2.05) is 0 Å². The molecule has 1 heterocycles. The van der Waals surface area contributed by atoms with E-state index in [2.05, 4.69) is 0 Å². The first-order valence-corrected chi connectivity index (χ1v) is 15.2. The van der Waals surface area contributed by atoms with Crippen LogP contribution in [0.4, 0.5) is 0 Å². The first-order chi connectivity index (χ1) is 18.7. The van der Waals surface area contributed by atoms with Gasteiger partial charge < -0.3 is 29.5 Å². The molecule has 41 heavy (non-hydrogen) atoms. The Morgan fingerprint density at radius 1 is 0.659 bits per heavy atom. The van der Waals surface area contributed by atoms with Crippen molar-refractivity contribution in [2.45, 2.75) is 65.2 Å². The Labute approximate surface area is 241 Å². The Bertz CT molecular complexity index is 899. The quantitative estimate of drug-likeness (QED) is 0.229. The Morgan fingerprint density at radius 3 is 1.34 bits per heavy atom. The summed E-state index contributed by atoms with van der Waals surface area (Å²) in [6.07, 6.45) is -0.785. The van der Waals surface area contributed by atoms with E-state index in [1.54, 1.807) is 56.2 Å². The van der Waals surface area contributed by atoms with Crippen LogP contribution in [0.25, 0.3) is 0 Å². The summed E-state index contributed by atoms with van der Waals surface area (Å²) < 4.78 is 25.8. The van der Waals surface area contributed by atoms with Crippen LogP contribution in [0.3, 0.4) is 0 Å². The van der Waals surface area contributed by atoms with Crippen LogP contribution in [0.2, 0.25) is 0 Å². The van der Waals surface area contributed by atoms with Gasteiger partial charge in [-0.1, -0.05) is 0 Å². The summed E-state index contributed by atoms with van der Waals surface area (Å²) in [6.45, 7) is 11.0. The summed E-state index contributed by atoms with van der Waals surface area (Å²) in [5.74, 6) is -4.83. The van der Waals surface area contributed by atoms with Crippen molar-refractivity contribution in [3.63, 3.8) is 0 Å². The standard InChI is InChI=1S/C25H47N4O11P/c1-24(2,3)39-41(38,40-25(4,5)6)18-28-9-7-26(16-21(32)33)11-13-29(19(23(36)37)15-20(30)31)14-12-27(8-10-28)17-22(34)35/h19H,7-18H2,1-6H3,(H,30,31)(H,32,33)(H,34,35)(H,36,37). The monoisotopic (exact) mass is 610 g/mol. The van der Waals surface area contributed by atoms with E-state index in [-0.39, 0.29) is 71.7 Å². The summed E-state index contributed by atoms with van der Waals surface area (Å²) in [5, 5.41) is 37.9. The van der Waals surface area contributed by atoms with Gasteiger partial charge in [0.15, 0.2) is 0 Å². The average molecular weight is 611 g/mol. The van der Waals surface area contributed by atoms with Crippen molar-refractivity contribution in [3.8, 4) is 0 Å². The van der Waals surface area contributed by atoms with Gasteiger partial charge >= 0.3 is 31.5 Å². The highest BCUT2D eigenvalue weighted by molar-refractivity contribution is 7.53. The van der Waals surface area contributed by atoms with Crippen molar-refractivity contribution in [2.24, 2.45) is 0 Å². The van der Waals surface area contributed by atoms with Crippen LogP contribution in [-0.2, 0) is 32.8 Å². The van der Waals surface area contributed by atoms with Gasteiger partial charge in [0.05, 0.1) is 30.7 Å². The lowest BCUT2D eigenvalue weighted by molar-refractivity contribution is -0.150. The molecular weight excluding hydrogens is 563 g/mol. The maximum Gasteiger partial charge on any atom is 0.345 e. The number of carboxylic acids is 4. The zero-order valence-electron chi connectivity index (χ0n) is 24.9. The van der Waals surface area contributed by atoms with Crippen LogP contribution < -0.4 is 0 Å². The molecule has 0 aliphatic carbocycles. The molecule has 1 aliphatic heterocycles. The Hall–Kier alpha value is -2.13. The van der Waals surface area contributed by atoms with E-state index in [9.17, 15) is 44.2 Å². The van der Waals surface area contributed by atoms with Crippen molar-refractivity contribution in [3.05, 3.63) is 0 Å². The van der Waals surface area contributed by atoms with Gasteiger partial charge in [0.2, 0.25) is 0 Å². The highest BCUT2D eigenvalue weighted by Gasteiger charge is 2.37. The third-order valence-electron chi connectivity index (χ3n) is 5.88. The minimum absolute atomic E-state index is 0.0389. The predicted molar refractivity (Wildman–Crippen MR) is 149 cm³/mol. The molecule has 0 bridgehead atoms. The smallest absolute Gasteiger partial charge is 0.345 e. The molecule has 1 rings (SSSR count). The number of nitrogens with zero attached hydrogens (tertiary/aromatic N) is 4. The molecule has 0 amide bonds. The highest BCUT2D eigenvalue weighted by Crippen LogP contribution is 2.54. The molecule has 1 atom stereocenters. The van der Waals surface area contributed by atoms with Gasteiger partial charge in [-0.05, 0) is 41.5 Å². The second-order valence-electron chi connectivity index (χ2n) is 12.1. The molecule has 0 aromatic carbocycles. The van der Waals surface area contributed by atoms with Crippen LogP contribution in [0.1, 0.15) is 48.0 Å². The molecule has 1 saturated heterocycles. The normalized spacial score (nSPS) is 19.2. The minimum Gasteiger partial charge on any atom is -0.481 e. The lowest BCUT2D eigenvalue weighted by atomic mass is 10.1. The SMILES string of the molecule is CC(C)(C)OP(=O)(CN1CCN(CC(=O)O)CCN(C(CC(=O)O)C(=O)O)CCN(CC(=O)O)CC1)OC(C)(C)C. The predicted octanol–water partition coefficient (Wildman–Crippen LogP) is 1.09. The Morgan fingerprint density at radius 2 is 1.02 bits per heavy atom. The largest absolute Gasteiger partial charge is 0.481 e. The van der Waals surface area contributed by atoms with E-state index >= 15 is 0 Å². The molecule has 16 heteroatoms. The maximum atomic E-state index is 14.0. The molecule has 1 fully saturated rings. The lowest BCUT2D eigenvalue weighted by Gasteiger charge is -2.37. The zero-order chi connectivity index (χ0) is 31.6. The molecule has 0 radical (unpaired) electrons. The second-order valence-corrected chi connectivity index (χ2v) is 14.0. The van der Waals surface area contributed by atoms with Gasteiger partial charge in [-0.3, -0.25) is 43.3 Å². The van der Waals surface area contributed by atoms with Crippen molar-refractivity contribution in [1.82, 2.24) is 19.6 Å². The third-order valence-corrected chi connectivity index (χ3v) is 8.28. The number of carboxylic acid groups (broad SMARTS) is 4. The Kier molecular flexibility index (Phi) is 14.3. The fourth-order valence-electron chi connectivity index (χ4n) is 4.40. The Balaban J connectivity index is 3.35. The van der Waals surface area contributed by atoms with E-state index in [0.717, 1.165) is 0 Å². The highest BCUT2D eigenvalue weighted by atomic mass is 31.2. The number of aliphatic carboxylic acids is 4. The summed E-state index contributed by atoms with van der Waals surface area (Å²) in [6, 6.07) is -1.37. The van der Waals surface area contributed by atoms with E-state index in [1.165, 1.54) is 4.90 Å². The molecule has 15 nitrogen and oxygen atoms in total. The zero-order valence-corrected chi connectivity index (χ0v) is 25.8. The summed E-state index contributed by atoms with van der Waals surface area (Å²) >= 11 is 0. The first-order valence-electron chi connectivity index (χ1n) is 13.5. The molecule has 0 aromatic heterocycles. The number of hydrogen-bond acceptors (Lipinski definition) is 11. The van der Waals surface area contributed by atoms with Crippen molar-refractivity contribution in [2.75, 3.05) is 71.7 Å². The van der Waals surface area contributed by atoms with Gasteiger partial charge in [-0.25, -0.2) is 0 Å². The molecule has 0 aromatic rings. The number of rotatable bonds is 12. The third kappa shape index (κ3) is 16.2. The first kappa shape index (κ1) is 36.9. The fraction of sp³-hybridized carbons (Fsp3) is 0.840. The number of hydrogen-bond donors (Lipinski definition) is 4. The summed E-state index contributed by atoms with van der Waals surface area (Å²) in [4.78, 5) is 52.9. The van der Waals surface area contributed by atoms with Crippen molar-refractivity contribution in [1.29, 1.82) is 0 Å². The molecule has 0 saturated carbocycles. The van der Waals surface area contributed by atoms with E-state index < -0.39 is 55.1 Å². The molecule has 4 N–H and O–H groups in total. The lowest BCUT2D eigenvalue weighted by Crippen LogP contribution is -2.52. The van der Waals surface area contributed by atoms with Crippen LogP contribution in [-0.4, -0.2) is 153 Å². The van der Waals surface area contributed by atoms with Gasteiger partial charge in [0.25, 0.3) is 0 Å². The van der Waals surface area contributed by atoms with Crippen LogP contribution in [0.15, 0.2) is 0 Å².